The quantitative estimate of drug-likeness (QED) is 0.726. The zero-order valence-corrected chi connectivity index (χ0v) is 18.4. The zero-order chi connectivity index (χ0) is 24.3. The number of fused-ring (bicyclic) bond motifs is 1. The lowest BCUT2D eigenvalue weighted by atomic mass is 10.1. The number of nitriles is 1. The zero-order valence-electron chi connectivity index (χ0n) is 18.4. The molecule has 1 N–H and O–H groups in total. The molecule has 0 saturated carbocycles. The van der Waals surface area contributed by atoms with Crippen LogP contribution in [-0.4, -0.2) is 66.4 Å². The number of anilines is 1. The minimum Gasteiger partial charge on any atom is -0.482 e. The van der Waals surface area contributed by atoms with E-state index in [0.717, 1.165) is 16.3 Å². The third-order valence-corrected chi connectivity index (χ3v) is 5.74. The first-order valence-electron chi connectivity index (χ1n) is 10.7. The van der Waals surface area contributed by atoms with Gasteiger partial charge in [-0.25, -0.2) is 8.78 Å². The Morgan fingerprint density at radius 1 is 1.35 bits per heavy atom. The molecule has 2 aromatic rings. The van der Waals surface area contributed by atoms with E-state index >= 15 is 0 Å². The van der Waals surface area contributed by atoms with Gasteiger partial charge >= 0.3 is 0 Å². The maximum atomic E-state index is 13.6. The molecular weight excluding hydrogens is 444 g/mol. The Morgan fingerprint density at radius 3 is 2.94 bits per heavy atom. The van der Waals surface area contributed by atoms with Crippen LogP contribution in [0.25, 0.3) is 6.08 Å². The first kappa shape index (κ1) is 23.2. The summed E-state index contributed by atoms with van der Waals surface area (Å²) in [7, 11) is 1.97. The normalized spacial score (nSPS) is 21.0. The molecule has 0 aliphatic carbocycles. The Kier molecular flexibility index (Phi) is 6.45. The standard InChI is InChI=1S/C24H23F2N5O3/c1-30-14-18(34-21-5-3-2-4-20(21)30)7-6-16-12-28-9-8-19(16)23(33)29-13-22(32)31-15-24(25,26)10-17(31)11-27/h2-9,12,17-18H,10,13-15H2,1H3,(H,29,33)/b7-6+/t17-,18?/m0/s1. The molecule has 1 fully saturated rings. The van der Waals surface area contributed by atoms with Crippen molar-refractivity contribution in [2.45, 2.75) is 24.5 Å². The average Bonchev–Trinajstić information content (AvgIpc) is 3.16. The van der Waals surface area contributed by atoms with E-state index in [2.05, 4.69) is 15.2 Å². The number of alkyl halides is 2. The van der Waals surface area contributed by atoms with Crippen LogP contribution in [0.15, 0.2) is 48.8 Å². The van der Waals surface area contributed by atoms with Gasteiger partial charge in [-0.15, -0.1) is 0 Å². The summed E-state index contributed by atoms with van der Waals surface area (Å²) in [4.78, 5) is 32.0. The number of nitrogens with one attached hydrogen (secondary N) is 1. The van der Waals surface area contributed by atoms with E-state index in [9.17, 15) is 18.4 Å². The predicted molar refractivity (Wildman–Crippen MR) is 120 cm³/mol. The van der Waals surface area contributed by atoms with E-state index in [1.54, 1.807) is 12.1 Å². The molecule has 0 spiro atoms. The lowest BCUT2D eigenvalue weighted by Gasteiger charge is -2.32. The van der Waals surface area contributed by atoms with E-state index in [0.29, 0.717) is 12.1 Å². The van der Waals surface area contributed by atoms with E-state index in [1.807, 2.05) is 37.4 Å². The van der Waals surface area contributed by atoms with Gasteiger partial charge in [-0.2, -0.15) is 5.26 Å². The predicted octanol–water partition coefficient (Wildman–Crippen LogP) is 2.48. The number of rotatable bonds is 5. The summed E-state index contributed by atoms with van der Waals surface area (Å²) in [5.41, 5.74) is 1.78. The number of carbonyl (C=O) groups is 2. The van der Waals surface area contributed by atoms with Crippen molar-refractivity contribution in [2.75, 3.05) is 31.6 Å². The van der Waals surface area contributed by atoms with Gasteiger partial charge in [0.05, 0.1) is 31.4 Å². The van der Waals surface area contributed by atoms with E-state index < -0.39 is 43.3 Å². The summed E-state index contributed by atoms with van der Waals surface area (Å²) < 4.78 is 33.2. The van der Waals surface area contributed by atoms with Crippen LogP contribution in [0.2, 0.25) is 0 Å². The SMILES string of the molecule is CN1CC(/C=C/c2cnccc2C(=O)NCC(=O)N2CC(F)(F)C[C@H]2C#N)Oc2ccccc21. The lowest BCUT2D eigenvalue weighted by Crippen LogP contribution is -2.43. The fourth-order valence-electron chi connectivity index (χ4n) is 4.05. The highest BCUT2D eigenvalue weighted by Crippen LogP contribution is 2.33. The number of amides is 2. The molecule has 0 radical (unpaired) electrons. The van der Waals surface area contributed by atoms with Gasteiger partial charge in [0.2, 0.25) is 5.91 Å². The minimum absolute atomic E-state index is 0.252. The second kappa shape index (κ2) is 9.47. The largest absolute Gasteiger partial charge is 0.482 e. The molecule has 10 heteroatoms. The molecule has 3 heterocycles. The summed E-state index contributed by atoms with van der Waals surface area (Å²) in [6.07, 6.45) is 5.56. The van der Waals surface area contributed by atoms with Gasteiger partial charge in [-0.3, -0.25) is 14.6 Å². The van der Waals surface area contributed by atoms with Crippen molar-refractivity contribution >= 4 is 23.6 Å². The molecule has 4 rings (SSSR count). The Labute approximate surface area is 195 Å². The maximum absolute atomic E-state index is 13.6. The number of nitrogens with zero attached hydrogens (tertiary/aromatic N) is 4. The van der Waals surface area contributed by atoms with Crippen LogP contribution < -0.4 is 15.0 Å². The minimum atomic E-state index is -3.11. The molecule has 1 unspecified atom stereocenters. The average molecular weight is 467 g/mol. The molecular formula is C24H23F2N5O3. The molecule has 2 aliphatic heterocycles. The topological polar surface area (TPSA) is 98.6 Å². The van der Waals surface area contributed by atoms with Crippen molar-refractivity contribution < 1.29 is 23.1 Å². The van der Waals surface area contributed by atoms with Crippen molar-refractivity contribution in [1.29, 1.82) is 5.26 Å². The van der Waals surface area contributed by atoms with Crippen LogP contribution in [0.5, 0.6) is 5.75 Å². The fraction of sp³-hybridized carbons (Fsp3) is 0.333. The van der Waals surface area contributed by atoms with Crippen LogP contribution in [0, 0.1) is 11.3 Å². The van der Waals surface area contributed by atoms with Crippen LogP contribution in [0.4, 0.5) is 14.5 Å². The van der Waals surface area contributed by atoms with Crippen molar-refractivity contribution in [3.05, 3.63) is 59.9 Å². The summed E-state index contributed by atoms with van der Waals surface area (Å²) >= 11 is 0. The van der Waals surface area contributed by atoms with Crippen LogP contribution >= 0.6 is 0 Å². The number of hydrogen-bond donors (Lipinski definition) is 1. The Balaban J connectivity index is 1.41. The summed E-state index contributed by atoms with van der Waals surface area (Å²) in [6, 6.07) is 9.71. The van der Waals surface area contributed by atoms with Crippen molar-refractivity contribution in [2.24, 2.45) is 0 Å². The van der Waals surface area contributed by atoms with E-state index in [-0.39, 0.29) is 11.7 Å². The number of halogens is 2. The fourth-order valence-corrected chi connectivity index (χ4v) is 4.05. The number of carbonyl (C=O) groups excluding carboxylic acids is 2. The Bertz CT molecular complexity index is 1160. The number of aromatic nitrogens is 1. The van der Waals surface area contributed by atoms with Gasteiger partial charge in [0.25, 0.3) is 11.8 Å². The van der Waals surface area contributed by atoms with Crippen molar-refractivity contribution in [1.82, 2.24) is 15.2 Å². The molecule has 176 valence electrons. The smallest absolute Gasteiger partial charge is 0.268 e. The highest BCUT2D eigenvalue weighted by atomic mass is 19.3. The number of likely N-dealkylation sites (tertiary alicyclic amines) is 1. The highest BCUT2D eigenvalue weighted by molar-refractivity contribution is 5.99. The van der Waals surface area contributed by atoms with Crippen LogP contribution in [0.3, 0.4) is 0 Å². The molecule has 2 amide bonds. The second-order valence-corrected chi connectivity index (χ2v) is 8.24. The molecule has 1 aromatic carbocycles. The van der Waals surface area contributed by atoms with Gasteiger partial charge in [0, 0.05) is 37.0 Å². The molecule has 8 nitrogen and oxygen atoms in total. The third-order valence-electron chi connectivity index (χ3n) is 5.74. The first-order valence-corrected chi connectivity index (χ1v) is 10.7. The van der Waals surface area contributed by atoms with E-state index in [4.69, 9.17) is 10.00 Å². The van der Waals surface area contributed by atoms with Gasteiger partial charge in [0.1, 0.15) is 17.9 Å². The van der Waals surface area contributed by atoms with Crippen LogP contribution in [0.1, 0.15) is 22.3 Å². The van der Waals surface area contributed by atoms with Gasteiger partial charge in [0.15, 0.2) is 0 Å². The number of ether oxygens (including phenoxy) is 1. The monoisotopic (exact) mass is 467 g/mol. The third kappa shape index (κ3) is 4.98. The molecule has 2 aliphatic rings. The van der Waals surface area contributed by atoms with Gasteiger partial charge < -0.3 is 19.9 Å². The molecule has 34 heavy (non-hydrogen) atoms. The van der Waals surface area contributed by atoms with Crippen molar-refractivity contribution in [3.63, 3.8) is 0 Å². The van der Waals surface area contributed by atoms with Crippen LogP contribution in [-0.2, 0) is 4.79 Å². The summed E-state index contributed by atoms with van der Waals surface area (Å²) in [6.45, 7) is -0.710. The molecule has 0 bridgehead atoms. The lowest BCUT2D eigenvalue weighted by molar-refractivity contribution is -0.131. The first-order chi connectivity index (χ1) is 16.3. The van der Waals surface area contributed by atoms with Crippen molar-refractivity contribution in [3.8, 4) is 11.8 Å². The number of likely N-dealkylation sites (N-methyl/N-ethyl adjacent to an activating group) is 1. The number of hydrogen-bond acceptors (Lipinski definition) is 6. The molecule has 1 saturated heterocycles. The van der Waals surface area contributed by atoms with E-state index in [1.165, 1.54) is 18.5 Å². The highest BCUT2D eigenvalue weighted by Gasteiger charge is 2.47. The van der Waals surface area contributed by atoms with Gasteiger partial charge in [-0.05, 0) is 24.3 Å². The Morgan fingerprint density at radius 2 is 2.15 bits per heavy atom. The number of pyridine rings is 1. The molecule has 2 atom stereocenters. The second-order valence-electron chi connectivity index (χ2n) is 8.24. The van der Waals surface area contributed by atoms with Gasteiger partial charge in [-0.1, -0.05) is 18.2 Å². The number of benzene rings is 1. The Hall–Kier alpha value is -4.00. The summed E-state index contributed by atoms with van der Waals surface area (Å²) in [5, 5.41) is 11.5. The summed E-state index contributed by atoms with van der Waals surface area (Å²) in [5.74, 6) is -3.64. The molecule has 1 aromatic heterocycles. The number of para-hydroxylation sites is 2. The maximum Gasteiger partial charge on any atom is 0.268 e.